The molecule has 8 heteroatoms. The molecule has 0 aliphatic carbocycles. The first kappa shape index (κ1) is 14.6. The number of hydrogen-bond acceptors (Lipinski definition) is 4. The van der Waals surface area contributed by atoms with Crippen LogP contribution in [-0.4, -0.2) is 23.2 Å². The van der Waals surface area contributed by atoms with E-state index in [2.05, 4.69) is 9.82 Å². The summed E-state index contributed by atoms with van der Waals surface area (Å²) >= 11 is 4.82. The van der Waals surface area contributed by atoms with Crippen LogP contribution in [0.5, 0.6) is 0 Å². The van der Waals surface area contributed by atoms with Gasteiger partial charge in [0.1, 0.15) is 4.99 Å². The van der Waals surface area contributed by atoms with Crippen molar-refractivity contribution >= 4 is 27.2 Å². The fraction of sp³-hybridized carbons (Fsp3) is 0.167. The molecule has 0 aliphatic rings. The summed E-state index contributed by atoms with van der Waals surface area (Å²) in [5, 5.41) is 3.97. The minimum atomic E-state index is -3.56. The highest BCUT2D eigenvalue weighted by atomic mass is 32.2. The zero-order valence-electron chi connectivity index (χ0n) is 10.8. The van der Waals surface area contributed by atoms with Gasteiger partial charge in [-0.15, -0.1) is 0 Å². The first-order chi connectivity index (χ1) is 9.38. The summed E-state index contributed by atoms with van der Waals surface area (Å²) in [7, 11) is -1.79. The highest BCUT2D eigenvalue weighted by Crippen LogP contribution is 2.11. The predicted octanol–water partition coefficient (Wildman–Crippen LogP) is 0.533. The van der Waals surface area contributed by atoms with Gasteiger partial charge in [0.2, 0.25) is 10.0 Å². The number of benzene rings is 1. The van der Waals surface area contributed by atoms with Crippen LogP contribution in [0.1, 0.15) is 11.1 Å². The summed E-state index contributed by atoms with van der Waals surface area (Å²) in [5.74, 6) is 0. The van der Waals surface area contributed by atoms with Gasteiger partial charge in [-0.05, 0) is 12.1 Å². The molecule has 0 unspecified atom stereocenters. The van der Waals surface area contributed by atoms with E-state index in [1.807, 2.05) is 0 Å². The van der Waals surface area contributed by atoms with E-state index in [0.29, 0.717) is 5.56 Å². The number of aromatic nitrogens is 2. The van der Waals surface area contributed by atoms with Gasteiger partial charge < -0.3 is 5.73 Å². The van der Waals surface area contributed by atoms with Crippen molar-refractivity contribution in [2.45, 2.75) is 11.4 Å². The Morgan fingerprint density at radius 2 is 2.05 bits per heavy atom. The maximum Gasteiger partial charge on any atom is 0.240 e. The normalized spacial score (nSPS) is 11.4. The lowest BCUT2D eigenvalue weighted by atomic mass is 10.2. The molecule has 6 nitrogen and oxygen atoms in total. The van der Waals surface area contributed by atoms with Gasteiger partial charge in [0.25, 0.3) is 0 Å². The molecule has 1 heterocycles. The van der Waals surface area contributed by atoms with E-state index in [1.165, 1.54) is 12.1 Å². The van der Waals surface area contributed by atoms with Crippen LogP contribution in [0.4, 0.5) is 0 Å². The molecule has 0 aliphatic heterocycles. The van der Waals surface area contributed by atoms with Crippen molar-refractivity contribution in [1.29, 1.82) is 0 Å². The minimum absolute atomic E-state index is 0.168. The largest absolute Gasteiger partial charge is 0.389 e. The third-order valence-corrected chi connectivity index (χ3v) is 4.33. The topological polar surface area (TPSA) is 90.0 Å². The molecule has 0 fully saturated rings. The number of aryl methyl sites for hydroxylation is 1. The number of sulfonamides is 1. The van der Waals surface area contributed by atoms with E-state index in [4.69, 9.17) is 18.0 Å². The summed E-state index contributed by atoms with van der Waals surface area (Å²) in [4.78, 5) is 0.402. The van der Waals surface area contributed by atoms with E-state index in [-0.39, 0.29) is 16.4 Å². The van der Waals surface area contributed by atoms with Gasteiger partial charge in [-0.25, -0.2) is 13.1 Å². The van der Waals surface area contributed by atoms with Crippen LogP contribution in [-0.2, 0) is 23.6 Å². The molecule has 3 N–H and O–H groups in total. The van der Waals surface area contributed by atoms with Crippen molar-refractivity contribution in [3.8, 4) is 0 Å². The Bertz CT molecular complexity index is 720. The zero-order chi connectivity index (χ0) is 14.8. The molecule has 0 spiro atoms. The fourth-order valence-corrected chi connectivity index (χ4v) is 2.78. The minimum Gasteiger partial charge on any atom is -0.389 e. The quantitative estimate of drug-likeness (QED) is 0.786. The number of thiocarbonyl (C=S) groups is 1. The molecule has 106 valence electrons. The number of nitrogens with one attached hydrogen (secondary N) is 1. The van der Waals surface area contributed by atoms with Crippen molar-refractivity contribution in [1.82, 2.24) is 14.5 Å². The van der Waals surface area contributed by atoms with Crippen molar-refractivity contribution in [3.05, 3.63) is 47.8 Å². The molecular formula is C12H14N4O2S2. The summed E-state index contributed by atoms with van der Waals surface area (Å²) in [5.41, 5.74) is 6.89. The summed E-state index contributed by atoms with van der Waals surface area (Å²) < 4.78 is 28.3. The first-order valence-electron chi connectivity index (χ1n) is 5.75. The maximum absolute atomic E-state index is 12.1. The Kier molecular flexibility index (Phi) is 4.17. The van der Waals surface area contributed by atoms with Gasteiger partial charge in [0.15, 0.2) is 0 Å². The lowest BCUT2D eigenvalue weighted by molar-refractivity contribution is 0.581. The van der Waals surface area contributed by atoms with Gasteiger partial charge in [-0.2, -0.15) is 5.10 Å². The summed E-state index contributed by atoms with van der Waals surface area (Å²) in [6.07, 6.45) is 3.36. The van der Waals surface area contributed by atoms with Gasteiger partial charge in [-0.1, -0.05) is 24.4 Å². The van der Waals surface area contributed by atoms with Gasteiger partial charge in [-0.3, -0.25) is 4.68 Å². The second kappa shape index (κ2) is 5.70. The van der Waals surface area contributed by atoms with E-state index in [9.17, 15) is 8.42 Å². The van der Waals surface area contributed by atoms with Gasteiger partial charge >= 0.3 is 0 Å². The third-order valence-electron chi connectivity index (χ3n) is 2.67. The average molecular weight is 310 g/mol. The number of nitrogens with zero attached hydrogens (tertiary/aromatic N) is 2. The van der Waals surface area contributed by atoms with Gasteiger partial charge in [0.05, 0.1) is 11.1 Å². The van der Waals surface area contributed by atoms with Crippen LogP contribution >= 0.6 is 12.2 Å². The summed E-state index contributed by atoms with van der Waals surface area (Å²) in [6, 6.07) is 6.11. The predicted molar refractivity (Wildman–Crippen MR) is 79.6 cm³/mol. The molecule has 0 saturated heterocycles. The second-order valence-electron chi connectivity index (χ2n) is 4.24. The molecule has 2 aromatic rings. The van der Waals surface area contributed by atoms with E-state index < -0.39 is 10.0 Å². The fourth-order valence-electron chi connectivity index (χ4n) is 1.62. The van der Waals surface area contributed by atoms with Crippen molar-refractivity contribution in [2.24, 2.45) is 12.8 Å². The average Bonchev–Trinajstić information content (AvgIpc) is 2.82. The van der Waals surface area contributed by atoms with Crippen molar-refractivity contribution < 1.29 is 8.42 Å². The van der Waals surface area contributed by atoms with E-state index in [0.717, 1.165) is 5.56 Å². The Hall–Kier alpha value is -1.77. The Morgan fingerprint density at radius 1 is 1.40 bits per heavy atom. The molecule has 0 bridgehead atoms. The molecular weight excluding hydrogens is 296 g/mol. The third kappa shape index (κ3) is 3.41. The number of nitrogens with two attached hydrogens (primary N) is 1. The van der Waals surface area contributed by atoms with Crippen LogP contribution in [0.2, 0.25) is 0 Å². The Labute approximate surface area is 122 Å². The lowest BCUT2D eigenvalue weighted by Crippen LogP contribution is -2.23. The molecule has 1 aromatic heterocycles. The number of hydrogen-bond donors (Lipinski definition) is 2. The van der Waals surface area contributed by atoms with E-state index in [1.54, 1.807) is 36.3 Å². The standard InChI is InChI=1S/C12H14N4O2S2/c1-16-8-9(6-14-16)7-15-20(17,18)11-4-2-10(3-5-11)12(13)19/h2-6,8,15H,7H2,1H3,(H2,13,19). The smallest absolute Gasteiger partial charge is 0.240 e. The maximum atomic E-state index is 12.1. The van der Waals surface area contributed by atoms with Gasteiger partial charge in [0, 0.05) is 30.9 Å². The second-order valence-corrected chi connectivity index (χ2v) is 6.44. The van der Waals surface area contributed by atoms with E-state index >= 15 is 0 Å². The molecule has 0 radical (unpaired) electrons. The molecule has 0 saturated carbocycles. The highest BCUT2D eigenvalue weighted by Gasteiger charge is 2.14. The first-order valence-corrected chi connectivity index (χ1v) is 7.65. The highest BCUT2D eigenvalue weighted by molar-refractivity contribution is 7.89. The van der Waals surface area contributed by atoms with Crippen LogP contribution in [0, 0.1) is 0 Å². The Balaban J connectivity index is 2.11. The SMILES string of the molecule is Cn1cc(CNS(=O)(=O)c2ccc(C(N)=S)cc2)cn1. The zero-order valence-corrected chi connectivity index (χ0v) is 12.4. The molecule has 0 amide bonds. The molecule has 20 heavy (non-hydrogen) atoms. The summed E-state index contributed by atoms with van der Waals surface area (Å²) in [6.45, 7) is 0.188. The molecule has 0 atom stereocenters. The van der Waals surface area contributed by atoms with Crippen LogP contribution in [0.25, 0.3) is 0 Å². The Morgan fingerprint density at radius 3 is 2.55 bits per heavy atom. The number of rotatable bonds is 5. The molecule has 1 aromatic carbocycles. The lowest BCUT2D eigenvalue weighted by Gasteiger charge is -2.06. The van der Waals surface area contributed by atoms with Crippen LogP contribution < -0.4 is 10.5 Å². The van der Waals surface area contributed by atoms with Crippen LogP contribution in [0.15, 0.2) is 41.6 Å². The van der Waals surface area contributed by atoms with Crippen LogP contribution in [0.3, 0.4) is 0 Å². The monoisotopic (exact) mass is 310 g/mol. The van der Waals surface area contributed by atoms with Crippen molar-refractivity contribution in [3.63, 3.8) is 0 Å². The molecule has 2 rings (SSSR count). The van der Waals surface area contributed by atoms with Crippen molar-refractivity contribution in [2.75, 3.05) is 0 Å².